The largest absolute Gasteiger partial charge is 0.497 e. The standard InChI is InChI=1S/C19H21N3O3/c1-13-4-6-15(7-5-13)12-20-22-18(23)14(2)21-19(24)16-8-10-17(25-3)11-9-16/h4-12,14H,1-3H3,(H,21,24)(H,22,23). The molecule has 0 aromatic heterocycles. The van der Waals surface area contributed by atoms with E-state index in [1.807, 2.05) is 31.2 Å². The van der Waals surface area contributed by atoms with Gasteiger partial charge in [-0.25, -0.2) is 5.43 Å². The molecule has 2 aromatic rings. The Hall–Kier alpha value is -3.15. The quantitative estimate of drug-likeness (QED) is 0.626. The zero-order valence-corrected chi connectivity index (χ0v) is 14.4. The van der Waals surface area contributed by atoms with Crippen LogP contribution < -0.4 is 15.5 Å². The summed E-state index contributed by atoms with van der Waals surface area (Å²) in [7, 11) is 1.55. The van der Waals surface area contributed by atoms with Crippen LogP contribution in [0.25, 0.3) is 0 Å². The maximum atomic E-state index is 12.1. The molecule has 25 heavy (non-hydrogen) atoms. The molecule has 0 saturated carbocycles. The van der Waals surface area contributed by atoms with Crippen LogP contribution in [0.2, 0.25) is 0 Å². The van der Waals surface area contributed by atoms with Crippen LogP contribution in [-0.2, 0) is 4.79 Å². The van der Waals surface area contributed by atoms with Crippen LogP contribution in [0.15, 0.2) is 53.6 Å². The zero-order chi connectivity index (χ0) is 18.2. The first-order chi connectivity index (χ1) is 12.0. The van der Waals surface area contributed by atoms with Gasteiger partial charge in [0.25, 0.3) is 11.8 Å². The summed E-state index contributed by atoms with van der Waals surface area (Å²) in [5.41, 5.74) is 4.89. The third kappa shape index (κ3) is 5.46. The Bertz CT molecular complexity index is 752. The van der Waals surface area contributed by atoms with Crippen LogP contribution >= 0.6 is 0 Å². The highest BCUT2D eigenvalue weighted by Gasteiger charge is 2.16. The summed E-state index contributed by atoms with van der Waals surface area (Å²) in [5.74, 6) is -0.0779. The monoisotopic (exact) mass is 339 g/mol. The number of carbonyl (C=O) groups is 2. The number of nitrogens with zero attached hydrogens (tertiary/aromatic N) is 1. The first-order valence-corrected chi connectivity index (χ1v) is 7.84. The van der Waals surface area contributed by atoms with Crippen molar-refractivity contribution in [2.45, 2.75) is 19.9 Å². The van der Waals surface area contributed by atoms with Gasteiger partial charge in [-0.15, -0.1) is 0 Å². The van der Waals surface area contributed by atoms with Gasteiger partial charge >= 0.3 is 0 Å². The van der Waals surface area contributed by atoms with Gasteiger partial charge < -0.3 is 10.1 Å². The summed E-state index contributed by atoms with van der Waals surface area (Å²) in [6.45, 7) is 3.59. The van der Waals surface area contributed by atoms with Gasteiger partial charge in [-0.05, 0) is 43.7 Å². The Morgan fingerprint density at radius 3 is 2.32 bits per heavy atom. The van der Waals surface area contributed by atoms with E-state index in [2.05, 4.69) is 15.8 Å². The molecule has 6 heteroatoms. The van der Waals surface area contributed by atoms with E-state index in [0.29, 0.717) is 11.3 Å². The van der Waals surface area contributed by atoms with Crippen molar-refractivity contribution < 1.29 is 14.3 Å². The molecule has 0 heterocycles. The minimum absolute atomic E-state index is 0.340. The molecule has 6 nitrogen and oxygen atoms in total. The molecule has 130 valence electrons. The van der Waals surface area contributed by atoms with E-state index in [9.17, 15) is 9.59 Å². The van der Waals surface area contributed by atoms with Crippen molar-refractivity contribution >= 4 is 18.0 Å². The highest BCUT2D eigenvalue weighted by Crippen LogP contribution is 2.11. The normalized spacial score (nSPS) is 11.8. The van der Waals surface area contributed by atoms with E-state index in [1.54, 1.807) is 44.5 Å². The van der Waals surface area contributed by atoms with E-state index >= 15 is 0 Å². The molecule has 2 aromatic carbocycles. The van der Waals surface area contributed by atoms with Crippen LogP contribution in [0.4, 0.5) is 0 Å². The lowest BCUT2D eigenvalue weighted by molar-refractivity contribution is -0.122. The highest BCUT2D eigenvalue weighted by molar-refractivity contribution is 5.97. The molecule has 0 spiro atoms. The van der Waals surface area contributed by atoms with Crippen molar-refractivity contribution in [3.05, 3.63) is 65.2 Å². The number of amides is 2. The van der Waals surface area contributed by atoms with Crippen molar-refractivity contribution in [1.82, 2.24) is 10.7 Å². The summed E-state index contributed by atoms with van der Waals surface area (Å²) < 4.78 is 5.04. The van der Waals surface area contributed by atoms with Gasteiger partial charge in [-0.2, -0.15) is 5.10 Å². The smallest absolute Gasteiger partial charge is 0.262 e. The highest BCUT2D eigenvalue weighted by atomic mass is 16.5. The molecule has 1 unspecified atom stereocenters. The van der Waals surface area contributed by atoms with Crippen molar-refractivity contribution in [2.75, 3.05) is 7.11 Å². The lowest BCUT2D eigenvalue weighted by Crippen LogP contribution is -2.43. The Labute approximate surface area is 146 Å². The van der Waals surface area contributed by atoms with Crippen LogP contribution in [0.5, 0.6) is 5.75 Å². The van der Waals surface area contributed by atoms with Crippen LogP contribution in [0.3, 0.4) is 0 Å². The minimum atomic E-state index is -0.718. The Kier molecular flexibility index (Phi) is 6.28. The van der Waals surface area contributed by atoms with E-state index in [1.165, 1.54) is 0 Å². The maximum absolute atomic E-state index is 12.1. The minimum Gasteiger partial charge on any atom is -0.497 e. The second-order valence-corrected chi connectivity index (χ2v) is 5.57. The lowest BCUT2D eigenvalue weighted by atomic mass is 10.2. The van der Waals surface area contributed by atoms with Crippen molar-refractivity contribution in [2.24, 2.45) is 5.10 Å². The third-order valence-electron chi connectivity index (χ3n) is 3.56. The number of methoxy groups -OCH3 is 1. The van der Waals surface area contributed by atoms with E-state index in [-0.39, 0.29) is 5.91 Å². The summed E-state index contributed by atoms with van der Waals surface area (Å²) in [6, 6.07) is 13.6. The third-order valence-corrected chi connectivity index (χ3v) is 3.56. The number of benzene rings is 2. The number of hydrogen-bond acceptors (Lipinski definition) is 4. The fraction of sp³-hybridized carbons (Fsp3) is 0.211. The van der Waals surface area contributed by atoms with Crippen LogP contribution in [0.1, 0.15) is 28.4 Å². The molecule has 1 atom stereocenters. The molecule has 2 amide bonds. The van der Waals surface area contributed by atoms with E-state index in [0.717, 1.165) is 11.1 Å². The zero-order valence-electron chi connectivity index (χ0n) is 14.4. The Morgan fingerprint density at radius 2 is 1.72 bits per heavy atom. The Balaban J connectivity index is 1.86. The molecule has 2 rings (SSSR count). The maximum Gasteiger partial charge on any atom is 0.262 e. The number of carbonyl (C=O) groups excluding carboxylic acids is 2. The Morgan fingerprint density at radius 1 is 1.08 bits per heavy atom. The molecular weight excluding hydrogens is 318 g/mol. The number of aryl methyl sites for hydroxylation is 1. The SMILES string of the molecule is COc1ccc(C(=O)NC(C)C(=O)NN=Cc2ccc(C)cc2)cc1. The van der Waals surface area contributed by atoms with Gasteiger partial charge in [-0.3, -0.25) is 9.59 Å². The molecule has 0 saturated heterocycles. The van der Waals surface area contributed by atoms with Gasteiger partial charge in [0.05, 0.1) is 13.3 Å². The van der Waals surface area contributed by atoms with E-state index < -0.39 is 11.9 Å². The summed E-state index contributed by atoms with van der Waals surface area (Å²) in [6.07, 6.45) is 1.55. The molecule has 0 bridgehead atoms. The lowest BCUT2D eigenvalue weighted by Gasteiger charge is -2.12. The van der Waals surface area contributed by atoms with Gasteiger partial charge in [0.1, 0.15) is 11.8 Å². The van der Waals surface area contributed by atoms with E-state index in [4.69, 9.17) is 4.74 Å². The van der Waals surface area contributed by atoms with Crippen molar-refractivity contribution in [3.8, 4) is 5.75 Å². The molecule has 0 fully saturated rings. The molecule has 0 radical (unpaired) electrons. The summed E-state index contributed by atoms with van der Waals surface area (Å²) >= 11 is 0. The molecule has 0 aliphatic heterocycles. The van der Waals surface area contributed by atoms with Gasteiger partial charge in [0, 0.05) is 5.56 Å². The number of hydrogen-bond donors (Lipinski definition) is 2. The first kappa shape index (κ1) is 18.2. The number of nitrogens with one attached hydrogen (secondary N) is 2. The first-order valence-electron chi connectivity index (χ1n) is 7.84. The van der Waals surface area contributed by atoms with Gasteiger partial charge in [-0.1, -0.05) is 29.8 Å². The fourth-order valence-electron chi connectivity index (χ4n) is 2.01. The van der Waals surface area contributed by atoms with Crippen molar-refractivity contribution in [1.29, 1.82) is 0 Å². The number of hydrazone groups is 1. The van der Waals surface area contributed by atoms with Gasteiger partial charge in [0.2, 0.25) is 0 Å². The van der Waals surface area contributed by atoms with Crippen LogP contribution in [-0.4, -0.2) is 31.2 Å². The summed E-state index contributed by atoms with van der Waals surface area (Å²) in [5, 5.41) is 6.53. The second-order valence-electron chi connectivity index (χ2n) is 5.57. The van der Waals surface area contributed by atoms with Crippen molar-refractivity contribution in [3.63, 3.8) is 0 Å². The topological polar surface area (TPSA) is 79.8 Å². The average molecular weight is 339 g/mol. The molecule has 0 aliphatic rings. The molecule has 0 aliphatic carbocycles. The molecular formula is C19H21N3O3. The van der Waals surface area contributed by atoms with Gasteiger partial charge in [0.15, 0.2) is 0 Å². The number of ether oxygens (including phenoxy) is 1. The fourth-order valence-corrected chi connectivity index (χ4v) is 2.01. The predicted molar refractivity (Wildman–Crippen MR) is 96.8 cm³/mol. The number of rotatable bonds is 6. The van der Waals surface area contributed by atoms with Crippen LogP contribution in [0, 0.1) is 6.92 Å². The molecule has 2 N–H and O–H groups in total. The summed E-state index contributed by atoms with van der Waals surface area (Å²) in [4.78, 5) is 24.1. The second kappa shape index (κ2) is 8.63. The predicted octanol–water partition coefficient (Wildman–Crippen LogP) is 2.27. The average Bonchev–Trinajstić information content (AvgIpc) is 2.63.